The number of aromatic nitrogens is 2. The minimum absolute atomic E-state index is 0.144. The van der Waals surface area contributed by atoms with Crippen LogP contribution in [0.15, 0.2) is 67.0 Å². The Morgan fingerprint density at radius 1 is 1.12 bits per heavy atom. The Labute approximate surface area is 238 Å². The van der Waals surface area contributed by atoms with Gasteiger partial charge in [-0.1, -0.05) is 30.3 Å². The number of halogens is 1. The van der Waals surface area contributed by atoms with Gasteiger partial charge in [0.25, 0.3) is 5.91 Å². The highest BCUT2D eigenvalue weighted by Crippen LogP contribution is 2.42. The molecule has 1 amide bonds. The molecule has 210 valence electrons. The number of nitrogens with zero attached hydrogens (tertiary/aromatic N) is 3. The van der Waals surface area contributed by atoms with Crippen LogP contribution < -0.4 is 10.2 Å². The summed E-state index contributed by atoms with van der Waals surface area (Å²) in [6.07, 6.45) is 8.44. The number of amides is 1. The molecule has 0 bridgehead atoms. The zero-order chi connectivity index (χ0) is 28.7. The number of carbonyl (C=O) groups excluding carboxylic acids is 1. The molecule has 1 aliphatic carbocycles. The molecule has 7 nitrogen and oxygen atoms in total. The molecule has 8 heteroatoms. The molecule has 0 unspecified atom stereocenters. The van der Waals surface area contributed by atoms with Crippen molar-refractivity contribution in [1.82, 2.24) is 14.7 Å². The molecule has 2 aromatic heterocycles. The van der Waals surface area contributed by atoms with Crippen molar-refractivity contribution in [2.24, 2.45) is 5.92 Å². The van der Waals surface area contributed by atoms with Crippen LogP contribution in [-0.2, 0) is 11.2 Å². The average Bonchev–Trinajstić information content (AvgIpc) is 3.69. The number of allylic oxidation sites excluding steroid dienone is 2. The van der Waals surface area contributed by atoms with Gasteiger partial charge in [0.05, 0.1) is 17.2 Å². The zero-order valence-electron chi connectivity index (χ0n) is 23.2. The van der Waals surface area contributed by atoms with Gasteiger partial charge >= 0.3 is 5.97 Å². The summed E-state index contributed by atoms with van der Waals surface area (Å²) in [5.74, 6) is -1.45. The molecule has 6 rings (SSSR count). The van der Waals surface area contributed by atoms with Crippen molar-refractivity contribution < 1.29 is 19.1 Å². The molecule has 1 aliphatic heterocycles. The van der Waals surface area contributed by atoms with Gasteiger partial charge in [0.1, 0.15) is 11.5 Å². The van der Waals surface area contributed by atoms with Gasteiger partial charge in [0.2, 0.25) is 0 Å². The van der Waals surface area contributed by atoms with Crippen LogP contribution >= 0.6 is 0 Å². The highest BCUT2D eigenvalue weighted by Gasteiger charge is 2.33. The number of hydrogen-bond acceptors (Lipinski definition) is 4. The van der Waals surface area contributed by atoms with Crippen molar-refractivity contribution in [3.05, 3.63) is 95.1 Å². The van der Waals surface area contributed by atoms with Gasteiger partial charge in [-0.2, -0.15) is 0 Å². The predicted octanol–water partition coefficient (Wildman–Crippen LogP) is 5.93. The smallest absolute Gasteiger partial charge is 0.310 e. The van der Waals surface area contributed by atoms with Crippen LogP contribution in [-0.4, -0.2) is 46.0 Å². The highest BCUT2D eigenvalue weighted by atomic mass is 19.1. The Morgan fingerprint density at radius 2 is 1.90 bits per heavy atom. The summed E-state index contributed by atoms with van der Waals surface area (Å²) in [6.45, 7) is 5.38. The molecule has 4 aromatic rings. The van der Waals surface area contributed by atoms with Crippen molar-refractivity contribution in [1.29, 1.82) is 0 Å². The number of carboxylic acid groups (broad SMARTS) is 1. The number of carboxylic acids is 1. The van der Waals surface area contributed by atoms with E-state index in [1.165, 1.54) is 22.8 Å². The van der Waals surface area contributed by atoms with E-state index < -0.39 is 17.7 Å². The minimum atomic E-state index is -0.827. The summed E-state index contributed by atoms with van der Waals surface area (Å²) in [4.78, 5) is 31.0. The third-order valence-electron chi connectivity index (χ3n) is 8.24. The lowest BCUT2D eigenvalue weighted by molar-refractivity contribution is -0.142. The summed E-state index contributed by atoms with van der Waals surface area (Å²) in [6, 6.07) is 15.1. The van der Waals surface area contributed by atoms with Gasteiger partial charge in [-0.3, -0.25) is 9.59 Å². The first-order chi connectivity index (χ1) is 19.8. The number of nitrogens with one attached hydrogen (secondary N) is 1. The van der Waals surface area contributed by atoms with Crippen LogP contribution in [0.5, 0.6) is 0 Å². The van der Waals surface area contributed by atoms with Crippen LogP contribution in [0.25, 0.3) is 22.5 Å². The van der Waals surface area contributed by atoms with Crippen LogP contribution in [0.2, 0.25) is 0 Å². The molecule has 3 heterocycles. The topological polar surface area (TPSA) is 86.9 Å². The summed E-state index contributed by atoms with van der Waals surface area (Å²) in [7, 11) is 0. The average molecular weight is 553 g/mol. The molecule has 1 saturated heterocycles. The number of hydrogen-bond donors (Lipinski definition) is 2. The molecule has 2 aromatic carbocycles. The van der Waals surface area contributed by atoms with E-state index >= 15 is 4.39 Å². The standard InChI is InChI=1S/C33H33FN4O3/c1-3-20(2)26-7-5-4-6-21(26)12-13-35-32(39)23-14-28(22-8-9-22)31-36-30(19-38(31)16-23)27-11-10-25(15-29(27)34)37-17-24(18-37)33(40)41/h3-7,10-11,14-16,19,22,24H,8-9,12-13,17-18H2,1-2H3,(H,35,39)(H,40,41)/b20-3-. The molecule has 2 fully saturated rings. The Hall–Kier alpha value is -4.46. The molecule has 0 atom stereocenters. The molecular weight excluding hydrogens is 519 g/mol. The number of rotatable bonds is 9. The number of pyridine rings is 1. The number of fused-ring (bicyclic) bond motifs is 1. The SMILES string of the molecule is C/C=C(/C)c1ccccc1CCNC(=O)c1cc(C2CC2)c2nc(-c3ccc(N4CC(C(=O)O)C4)cc3F)cn2c1. The molecule has 1 saturated carbocycles. The van der Waals surface area contributed by atoms with E-state index in [4.69, 9.17) is 10.1 Å². The van der Waals surface area contributed by atoms with E-state index in [2.05, 4.69) is 30.4 Å². The van der Waals surface area contributed by atoms with E-state index in [9.17, 15) is 9.59 Å². The Morgan fingerprint density at radius 3 is 2.61 bits per heavy atom. The van der Waals surface area contributed by atoms with Gasteiger partial charge in [-0.15, -0.1) is 0 Å². The van der Waals surface area contributed by atoms with E-state index in [-0.39, 0.29) is 5.91 Å². The second-order valence-electron chi connectivity index (χ2n) is 11.1. The van der Waals surface area contributed by atoms with Crippen LogP contribution in [0.1, 0.15) is 59.7 Å². The lowest BCUT2D eigenvalue weighted by Crippen LogP contribution is -2.50. The minimum Gasteiger partial charge on any atom is -0.481 e. The number of imidazole rings is 1. The normalized spacial score (nSPS) is 15.7. The van der Waals surface area contributed by atoms with Gasteiger partial charge in [-0.05, 0) is 85.6 Å². The Bertz CT molecular complexity index is 1680. The maximum atomic E-state index is 15.2. The third kappa shape index (κ3) is 5.34. The largest absolute Gasteiger partial charge is 0.481 e. The molecule has 2 aliphatic rings. The van der Waals surface area contributed by atoms with E-state index in [1.807, 2.05) is 34.4 Å². The molecule has 41 heavy (non-hydrogen) atoms. The Balaban J connectivity index is 1.21. The highest BCUT2D eigenvalue weighted by molar-refractivity contribution is 5.94. The first-order valence-electron chi connectivity index (χ1n) is 14.1. The first-order valence-corrected chi connectivity index (χ1v) is 14.1. The summed E-state index contributed by atoms with van der Waals surface area (Å²) >= 11 is 0. The van der Waals surface area contributed by atoms with Crippen LogP contribution in [0.4, 0.5) is 10.1 Å². The second-order valence-corrected chi connectivity index (χ2v) is 11.1. The van der Waals surface area contributed by atoms with Crippen molar-refractivity contribution in [2.75, 3.05) is 24.5 Å². The lowest BCUT2D eigenvalue weighted by atomic mass is 9.98. The summed E-state index contributed by atoms with van der Waals surface area (Å²) < 4.78 is 17.1. The van der Waals surface area contributed by atoms with Crippen molar-refractivity contribution >= 4 is 28.8 Å². The summed E-state index contributed by atoms with van der Waals surface area (Å²) in [5, 5.41) is 12.2. The predicted molar refractivity (Wildman–Crippen MR) is 158 cm³/mol. The molecule has 2 N–H and O–H groups in total. The maximum absolute atomic E-state index is 15.2. The number of benzene rings is 2. The lowest BCUT2D eigenvalue weighted by Gasteiger charge is -2.38. The van der Waals surface area contributed by atoms with Crippen molar-refractivity contribution in [3.63, 3.8) is 0 Å². The third-order valence-corrected chi connectivity index (χ3v) is 8.24. The van der Waals surface area contributed by atoms with Crippen molar-refractivity contribution in [2.45, 2.75) is 39.0 Å². The van der Waals surface area contributed by atoms with Crippen LogP contribution in [0, 0.1) is 11.7 Å². The van der Waals surface area contributed by atoms with E-state index in [0.717, 1.165) is 30.5 Å². The van der Waals surface area contributed by atoms with Gasteiger partial charge in [0.15, 0.2) is 0 Å². The van der Waals surface area contributed by atoms with E-state index in [1.54, 1.807) is 24.5 Å². The van der Waals surface area contributed by atoms with Crippen LogP contribution in [0.3, 0.4) is 0 Å². The molecule has 0 radical (unpaired) electrons. The Kier molecular flexibility index (Phi) is 7.07. The summed E-state index contributed by atoms with van der Waals surface area (Å²) in [5.41, 5.74) is 7.44. The monoisotopic (exact) mass is 552 g/mol. The van der Waals surface area contributed by atoms with Gasteiger partial charge in [0, 0.05) is 43.3 Å². The fraction of sp³-hybridized carbons (Fsp3) is 0.303. The molecule has 0 spiro atoms. The van der Waals surface area contributed by atoms with Gasteiger partial charge < -0.3 is 19.7 Å². The fourth-order valence-corrected chi connectivity index (χ4v) is 5.52. The fourth-order valence-electron chi connectivity index (χ4n) is 5.52. The number of aliphatic carboxylic acids is 1. The first kappa shape index (κ1) is 26.7. The quantitative estimate of drug-likeness (QED) is 0.269. The maximum Gasteiger partial charge on any atom is 0.310 e. The number of carbonyl (C=O) groups is 2. The molecular formula is C33H33FN4O3. The second kappa shape index (κ2) is 10.8. The number of anilines is 1. The van der Waals surface area contributed by atoms with Gasteiger partial charge in [-0.25, -0.2) is 9.37 Å². The van der Waals surface area contributed by atoms with Crippen molar-refractivity contribution in [3.8, 4) is 11.3 Å². The zero-order valence-corrected chi connectivity index (χ0v) is 23.2. The van der Waals surface area contributed by atoms with E-state index in [0.29, 0.717) is 48.1 Å².